The summed E-state index contributed by atoms with van der Waals surface area (Å²) in [5.74, 6) is 5.61. The number of aromatic nitrogens is 4. The second-order valence-electron chi connectivity index (χ2n) is 8.22. The number of imidazole rings is 1. The summed E-state index contributed by atoms with van der Waals surface area (Å²) in [7, 11) is 0. The molecule has 35 heavy (non-hydrogen) atoms. The Morgan fingerprint density at radius 3 is 2.86 bits per heavy atom. The SMILES string of the molecule is CC#CC(=O)N1CCCC(c2nc(-c3ccc(Oc4ccccn4)c(F)c3)n3c(N)nccc23)C1. The van der Waals surface area contributed by atoms with E-state index in [1.54, 1.807) is 52.9 Å². The van der Waals surface area contributed by atoms with E-state index in [0.717, 1.165) is 24.1 Å². The van der Waals surface area contributed by atoms with Crippen LogP contribution >= 0.6 is 0 Å². The van der Waals surface area contributed by atoms with Gasteiger partial charge in [0.1, 0.15) is 5.82 Å². The normalized spacial score (nSPS) is 15.5. The highest BCUT2D eigenvalue weighted by molar-refractivity contribution is 5.93. The predicted molar refractivity (Wildman–Crippen MR) is 129 cm³/mol. The van der Waals surface area contributed by atoms with Gasteiger partial charge < -0.3 is 15.4 Å². The maximum atomic E-state index is 15.0. The number of piperidine rings is 1. The largest absolute Gasteiger partial charge is 0.436 e. The lowest BCUT2D eigenvalue weighted by atomic mass is 9.94. The van der Waals surface area contributed by atoms with Gasteiger partial charge in [-0.1, -0.05) is 12.0 Å². The van der Waals surface area contributed by atoms with E-state index in [1.165, 1.54) is 12.1 Å². The number of nitrogen functional groups attached to an aromatic ring is 1. The average molecular weight is 471 g/mol. The lowest BCUT2D eigenvalue weighted by Gasteiger charge is -2.30. The molecule has 1 amide bonds. The molecule has 176 valence electrons. The fourth-order valence-corrected chi connectivity index (χ4v) is 4.39. The molecular formula is C26H23FN6O2. The number of nitrogens with two attached hydrogens (primary N) is 1. The zero-order valence-electron chi connectivity index (χ0n) is 19.1. The molecule has 8 nitrogen and oxygen atoms in total. The van der Waals surface area contributed by atoms with Crippen LogP contribution in [0.5, 0.6) is 11.6 Å². The highest BCUT2D eigenvalue weighted by Crippen LogP contribution is 2.35. The Bertz CT molecular complexity index is 1460. The fraction of sp³-hybridized carbons (Fsp3) is 0.231. The molecule has 1 aliphatic rings. The van der Waals surface area contributed by atoms with Crippen molar-refractivity contribution in [2.45, 2.75) is 25.7 Å². The molecule has 0 saturated carbocycles. The third-order valence-electron chi connectivity index (χ3n) is 5.98. The van der Waals surface area contributed by atoms with E-state index in [2.05, 4.69) is 21.8 Å². The Morgan fingerprint density at radius 2 is 2.09 bits per heavy atom. The lowest BCUT2D eigenvalue weighted by molar-refractivity contribution is -0.126. The van der Waals surface area contributed by atoms with Crippen LogP contribution in [0.1, 0.15) is 31.4 Å². The van der Waals surface area contributed by atoms with Gasteiger partial charge >= 0.3 is 0 Å². The van der Waals surface area contributed by atoms with Crippen molar-refractivity contribution < 1.29 is 13.9 Å². The molecule has 1 aliphatic heterocycles. The van der Waals surface area contributed by atoms with Crippen LogP contribution in [-0.2, 0) is 4.79 Å². The van der Waals surface area contributed by atoms with E-state index in [-0.39, 0.29) is 23.5 Å². The standard InChI is InChI=1S/C26H23FN6O2/c1-2-6-23(34)32-14-5-7-18(16-32)24-20-11-13-30-26(28)33(20)25(31-24)17-9-10-21(19(27)15-17)35-22-8-3-4-12-29-22/h3-4,8-13,15,18H,5,7,14,16H2,1H3,(H2,28,30). The van der Waals surface area contributed by atoms with Gasteiger partial charge in [0, 0.05) is 43.0 Å². The molecule has 0 radical (unpaired) electrons. The van der Waals surface area contributed by atoms with Crippen LogP contribution < -0.4 is 10.5 Å². The van der Waals surface area contributed by atoms with E-state index >= 15 is 4.39 Å². The Kier molecular flexibility index (Phi) is 6.02. The summed E-state index contributed by atoms with van der Waals surface area (Å²) >= 11 is 0. The number of carbonyl (C=O) groups is 1. The molecule has 3 aromatic heterocycles. The smallest absolute Gasteiger partial charge is 0.298 e. The number of carbonyl (C=O) groups excluding carboxylic acids is 1. The van der Waals surface area contributed by atoms with Gasteiger partial charge in [0.2, 0.25) is 11.8 Å². The number of pyridine rings is 1. The number of benzene rings is 1. The van der Waals surface area contributed by atoms with Gasteiger partial charge in [0.05, 0.1) is 11.2 Å². The molecule has 0 aliphatic carbocycles. The van der Waals surface area contributed by atoms with Gasteiger partial charge in [-0.3, -0.25) is 9.20 Å². The molecule has 1 aromatic carbocycles. The molecule has 5 rings (SSSR count). The Balaban J connectivity index is 1.52. The molecule has 0 bridgehead atoms. The summed E-state index contributed by atoms with van der Waals surface area (Å²) in [6, 6.07) is 11.6. The average Bonchev–Trinajstić information content (AvgIpc) is 3.27. The zero-order chi connectivity index (χ0) is 24.4. The van der Waals surface area contributed by atoms with Crippen LogP contribution in [-0.4, -0.2) is 43.2 Å². The molecule has 2 N–H and O–H groups in total. The first-order valence-electron chi connectivity index (χ1n) is 11.3. The van der Waals surface area contributed by atoms with Gasteiger partial charge in [0.25, 0.3) is 5.91 Å². The highest BCUT2D eigenvalue weighted by atomic mass is 19.1. The molecular weight excluding hydrogens is 447 g/mol. The number of halogens is 1. The molecule has 9 heteroatoms. The lowest BCUT2D eigenvalue weighted by Crippen LogP contribution is -2.38. The van der Waals surface area contributed by atoms with Crippen molar-refractivity contribution in [3.63, 3.8) is 0 Å². The molecule has 4 aromatic rings. The molecule has 4 heterocycles. The number of rotatable bonds is 4. The zero-order valence-corrected chi connectivity index (χ0v) is 19.1. The number of ether oxygens (including phenoxy) is 1. The number of likely N-dealkylation sites (tertiary alicyclic amines) is 1. The third kappa shape index (κ3) is 4.38. The highest BCUT2D eigenvalue weighted by Gasteiger charge is 2.29. The summed E-state index contributed by atoms with van der Waals surface area (Å²) in [5, 5.41) is 0. The van der Waals surface area contributed by atoms with Crippen LogP contribution in [0.25, 0.3) is 16.9 Å². The molecule has 1 saturated heterocycles. The second kappa shape index (κ2) is 9.43. The van der Waals surface area contributed by atoms with Crippen LogP contribution in [0, 0.1) is 17.7 Å². The first kappa shape index (κ1) is 22.3. The third-order valence-corrected chi connectivity index (χ3v) is 5.98. The van der Waals surface area contributed by atoms with Crippen molar-refractivity contribution in [2.24, 2.45) is 0 Å². The van der Waals surface area contributed by atoms with Gasteiger partial charge in [-0.15, -0.1) is 0 Å². The van der Waals surface area contributed by atoms with E-state index < -0.39 is 5.82 Å². The first-order valence-corrected chi connectivity index (χ1v) is 11.3. The van der Waals surface area contributed by atoms with Crippen molar-refractivity contribution in [1.29, 1.82) is 0 Å². The number of nitrogens with zero attached hydrogens (tertiary/aromatic N) is 5. The van der Waals surface area contributed by atoms with Crippen molar-refractivity contribution in [3.05, 3.63) is 66.4 Å². The van der Waals surface area contributed by atoms with Crippen LogP contribution in [0.2, 0.25) is 0 Å². The van der Waals surface area contributed by atoms with Crippen molar-refractivity contribution in [1.82, 2.24) is 24.3 Å². The van der Waals surface area contributed by atoms with Gasteiger partial charge in [-0.25, -0.2) is 19.3 Å². The fourth-order valence-electron chi connectivity index (χ4n) is 4.39. The van der Waals surface area contributed by atoms with Gasteiger partial charge in [-0.2, -0.15) is 0 Å². The van der Waals surface area contributed by atoms with E-state index in [0.29, 0.717) is 30.4 Å². The van der Waals surface area contributed by atoms with Crippen LogP contribution in [0.15, 0.2) is 54.9 Å². The number of amides is 1. The Labute approximate surface area is 201 Å². The Morgan fingerprint density at radius 1 is 1.20 bits per heavy atom. The van der Waals surface area contributed by atoms with Gasteiger partial charge in [0.15, 0.2) is 11.6 Å². The number of hydrogen-bond acceptors (Lipinski definition) is 6. The minimum atomic E-state index is -0.554. The summed E-state index contributed by atoms with van der Waals surface area (Å²) in [5.41, 5.74) is 8.33. The van der Waals surface area contributed by atoms with Crippen molar-refractivity contribution in [2.75, 3.05) is 18.8 Å². The number of hydrogen-bond donors (Lipinski definition) is 1. The number of anilines is 1. The minimum Gasteiger partial charge on any atom is -0.436 e. The van der Waals surface area contributed by atoms with Gasteiger partial charge in [-0.05, 0) is 56.0 Å². The molecule has 0 spiro atoms. The second-order valence-corrected chi connectivity index (χ2v) is 8.22. The summed E-state index contributed by atoms with van der Waals surface area (Å²) in [6.07, 6.45) is 4.90. The minimum absolute atomic E-state index is 0.00600. The number of fused-ring (bicyclic) bond motifs is 1. The van der Waals surface area contributed by atoms with E-state index in [1.807, 2.05) is 6.07 Å². The summed E-state index contributed by atoms with van der Waals surface area (Å²) in [6.45, 7) is 2.82. The monoisotopic (exact) mass is 470 g/mol. The van der Waals surface area contributed by atoms with Crippen LogP contribution in [0.4, 0.5) is 10.3 Å². The molecule has 1 fully saturated rings. The molecule has 1 unspecified atom stereocenters. The van der Waals surface area contributed by atoms with E-state index in [4.69, 9.17) is 15.5 Å². The van der Waals surface area contributed by atoms with Crippen molar-refractivity contribution >= 4 is 17.4 Å². The summed E-state index contributed by atoms with van der Waals surface area (Å²) in [4.78, 5) is 27.3. The first-order chi connectivity index (χ1) is 17.0. The van der Waals surface area contributed by atoms with Crippen molar-refractivity contribution in [3.8, 4) is 34.9 Å². The Hall–Kier alpha value is -4.45. The topological polar surface area (TPSA) is 98.6 Å². The maximum absolute atomic E-state index is 15.0. The van der Waals surface area contributed by atoms with Crippen LogP contribution in [0.3, 0.4) is 0 Å². The maximum Gasteiger partial charge on any atom is 0.298 e. The molecule has 1 atom stereocenters. The summed E-state index contributed by atoms with van der Waals surface area (Å²) < 4.78 is 22.3. The van der Waals surface area contributed by atoms with E-state index in [9.17, 15) is 4.79 Å². The predicted octanol–water partition coefficient (Wildman–Crippen LogP) is 4.03. The quantitative estimate of drug-likeness (QED) is 0.452.